The molecule has 0 aliphatic carbocycles. The summed E-state index contributed by atoms with van der Waals surface area (Å²) >= 11 is 1.64. The molecule has 0 aromatic carbocycles. The van der Waals surface area contributed by atoms with Crippen LogP contribution in [0.3, 0.4) is 0 Å². The number of ether oxygens (including phenoxy) is 1. The molecule has 3 rings (SSSR count). The maximum absolute atomic E-state index is 14.4. The van der Waals surface area contributed by atoms with Crippen LogP contribution in [0, 0.1) is 17.8 Å². The van der Waals surface area contributed by atoms with Gasteiger partial charge in [0, 0.05) is 17.8 Å². The Morgan fingerprint density at radius 3 is 2.61 bits per heavy atom. The second-order valence-corrected chi connectivity index (χ2v) is 12.2. The van der Waals surface area contributed by atoms with E-state index in [9.17, 15) is 19.5 Å². The maximum atomic E-state index is 14.4. The Morgan fingerprint density at radius 2 is 2.03 bits per heavy atom. The van der Waals surface area contributed by atoms with E-state index in [-0.39, 0.29) is 48.2 Å². The third-order valence-electron chi connectivity index (χ3n) is 8.50. The number of carbonyl (C=O) groups excluding carboxylic acids is 3. The van der Waals surface area contributed by atoms with Gasteiger partial charge < -0.3 is 19.6 Å². The van der Waals surface area contributed by atoms with Crippen LogP contribution in [0.1, 0.15) is 66.2 Å². The van der Waals surface area contributed by atoms with Crippen molar-refractivity contribution in [3.8, 4) is 0 Å². The second-order valence-electron chi connectivity index (χ2n) is 10.6. The number of aliphatic hydroxyl groups is 1. The molecule has 8 atom stereocenters. The number of carbonyl (C=O) groups is 3. The van der Waals surface area contributed by atoms with Gasteiger partial charge in [-0.15, -0.1) is 24.9 Å². The van der Waals surface area contributed by atoms with E-state index in [0.717, 1.165) is 25.7 Å². The fourth-order valence-electron chi connectivity index (χ4n) is 6.51. The minimum atomic E-state index is -0.721. The van der Waals surface area contributed by atoms with E-state index in [0.29, 0.717) is 19.4 Å². The number of amides is 2. The fourth-order valence-corrected chi connectivity index (χ4v) is 8.69. The molecule has 3 unspecified atom stereocenters. The van der Waals surface area contributed by atoms with Gasteiger partial charge in [0.15, 0.2) is 0 Å². The minimum Gasteiger partial charge on any atom is -0.465 e. The molecule has 36 heavy (non-hydrogen) atoms. The number of likely N-dealkylation sites (tertiary alicyclic amines) is 1. The van der Waals surface area contributed by atoms with Crippen LogP contribution in [0.2, 0.25) is 0 Å². The van der Waals surface area contributed by atoms with Crippen molar-refractivity contribution in [3.05, 3.63) is 25.3 Å². The molecule has 3 aliphatic rings. The van der Waals surface area contributed by atoms with Crippen molar-refractivity contribution in [1.29, 1.82) is 0 Å². The molecule has 1 N–H and O–H groups in total. The lowest BCUT2D eigenvalue weighted by Crippen LogP contribution is -2.59. The highest BCUT2D eigenvalue weighted by Gasteiger charge is 2.75. The Hall–Kier alpha value is -1.80. The van der Waals surface area contributed by atoms with Gasteiger partial charge >= 0.3 is 5.97 Å². The molecular formula is C28H44N2O5S. The van der Waals surface area contributed by atoms with Crippen molar-refractivity contribution >= 4 is 29.5 Å². The number of esters is 1. The molecular weight excluding hydrogens is 476 g/mol. The summed E-state index contributed by atoms with van der Waals surface area (Å²) in [6.07, 6.45) is 8.00. The number of fused-ring (bicyclic) bond motifs is 1. The van der Waals surface area contributed by atoms with Crippen molar-refractivity contribution in [3.63, 3.8) is 0 Å². The monoisotopic (exact) mass is 520 g/mol. The Kier molecular flexibility index (Phi) is 9.72. The van der Waals surface area contributed by atoms with E-state index in [1.807, 2.05) is 25.7 Å². The number of thioether (sulfide) groups is 1. The first-order valence-corrected chi connectivity index (χ1v) is 14.4. The van der Waals surface area contributed by atoms with Crippen LogP contribution in [-0.4, -0.2) is 80.6 Å². The predicted octanol–water partition coefficient (Wildman–Crippen LogP) is 3.81. The summed E-state index contributed by atoms with van der Waals surface area (Å²) in [5.74, 6) is -1.81. The Bertz CT molecular complexity index is 850. The predicted molar refractivity (Wildman–Crippen MR) is 143 cm³/mol. The first-order valence-electron chi connectivity index (χ1n) is 13.5. The standard InChI is InChI=1S/C28H44N2O5S/c1-7-11-16-35-27(34)22-21-13-14-28(36-21)23(22)25(32)30(20(17-31)18(5)10-4)24(28)26(33)29(15-9-3)19(6)12-8-2/h7,9,18-24,31H,1,3,8,10-17H2,2,4-6H3/t18-,19?,20-,21+,22-,23-,24?,28?/m0/s1. The van der Waals surface area contributed by atoms with Gasteiger partial charge in [0.25, 0.3) is 0 Å². The quantitative estimate of drug-likeness (QED) is 0.213. The maximum Gasteiger partial charge on any atom is 0.310 e. The number of rotatable bonds is 14. The van der Waals surface area contributed by atoms with Crippen LogP contribution in [0.15, 0.2) is 25.3 Å². The first kappa shape index (κ1) is 28.8. The molecule has 1 spiro atoms. The first-order chi connectivity index (χ1) is 17.2. The molecule has 3 fully saturated rings. The lowest BCUT2D eigenvalue weighted by Gasteiger charge is -2.42. The molecule has 3 aliphatic heterocycles. The summed E-state index contributed by atoms with van der Waals surface area (Å²) in [7, 11) is 0. The summed E-state index contributed by atoms with van der Waals surface area (Å²) in [4.78, 5) is 45.4. The van der Waals surface area contributed by atoms with Gasteiger partial charge in [-0.05, 0) is 38.5 Å². The molecule has 0 radical (unpaired) electrons. The number of hydrogen-bond donors (Lipinski definition) is 1. The number of nitrogens with zero attached hydrogens (tertiary/aromatic N) is 2. The lowest BCUT2D eigenvalue weighted by molar-refractivity contribution is -0.154. The molecule has 2 bridgehead atoms. The smallest absolute Gasteiger partial charge is 0.310 e. The molecule has 202 valence electrons. The summed E-state index contributed by atoms with van der Waals surface area (Å²) < 4.78 is 4.88. The van der Waals surface area contributed by atoms with Gasteiger partial charge in [-0.3, -0.25) is 14.4 Å². The molecule has 3 saturated heterocycles. The van der Waals surface area contributed by atoms with Crippen LogP contribution in [-0.2, 0) is 19.1 Å². The third-order valence-corrected chi connectivity index (χ3v) is 10.5. The zero-order chi connectivity index (χ0) is 26.6. The number of aliphatic hydroxyl groups excluding tert-OH is 1. The van der Waals surface area contributed by atoms with Crippen molar-refractivity contribution in [2.24, 2.45) is 17.8 Å². The molecule has 0 aromatic rings. The highest BCUT2D eigenvalue weighted by Crippen LogP contribution is 2.67. The van der Waals surface area contributed by atoms with Gasteiger partial charge in [0.1, 0.15) is 6.04 Å². The van der Waals surface area contributed by atoms with Gasteiger partial charge in [0.2, 0.25) is 11.8 Å². The van der Waals surface area contributed by atoms with Crippen LogP contribution in [0.4, 0.5) is 0 Å². The molecule has 0 aromatic heterocycles. The van der Waals surface area contributed by atoms with E-state index in [1.165, 1.54) is 0 Å². The average molecular weight is 521 g/mol. The van der Waals surface area contributed by atoms with E-state index in [2.05, 4.69) is 20.1 Å². The minimum absolute atomic E-state index is 0.00518. The van der Waals surface area contributed by atoms with E-state index >= 15 is 0 Å². The zero-order valence-electron chi connectivity index (χ0n) is 22.4. The van der Waals surface area contributed by atoms with E-state index in [1.54, 1.807) is 28.8 Å². The largest absolute Gasteiger partial charge is 0.465 e. The molecule has 7 nitrogen and oxygen atoms in total. The van der Waals surface area contributed by atoms with Gasteiger partial charge in [0.05, 0.1) is 35.8 Å². The summed E-state index contributed by atoms with van der Waals surface area (Å²) in [5.41, 5.74) is 0. The van der Waals surface area contributed by atoms with E-state index in [4.69, 9.17) is 4.74 Å². The Balaban J connectivity index is 2.07. The normalized spacial score (nSPS) is 31.0. The average Bonchev–Trinajstić information content (AvgIpc) is 3.50. The topological polar surface area (TPSA) is 87.1 Å². The Labute approximate surface area is 220 Å². The lowest BCUT2D eigenvalue weighted by atomic mass is 9.71. The van der Waals surface area contributed by atoms with E-state index < -0.39 is 28.7 Å². The SMILES string of the molecule is C=CCCOC(=O)[C@@H]1[C@H]2C(=O)N([C@@H](CO)[C@@H](C)CC)C(C(=O)N(CC=C)C(C)CCC)C23CC[C@H]1S3. The van der Waals surface area contributed by atoms with Gasteiger partial charge in [-0.2, -0.15) is 0 Å². The molecule has 3 heterocycles. The van der Waals surface area contributed by atoms with Gasteiger partial charge in [-0.1, -0.05) is 45.8 Å². The van der Waals surface area contributed by atoms with Gasteiger partial charge in [-0.25, -0.2) is 0 Å². The summed E-state index contributed by atoms with van der Waals surface area (Å²) in [6, 6.07) is -1.21. The van der Waals surface area contributed by atoms with Crippen molar-refractivity contribution in [2.45, 2.75) is 94.3 Å². The Morgan fingerprint density at radius 1 is 1.31 bits per heavy atom. The van der Waals surface area contributed by atoms with Crippen molar-refractivity contribution in [1.82, 2.24) is 9.80 Å². The molecule has 0 saturated carbocycles. The van der Waals surface area contributed by atoms with Crippen molar-refractivity contribution < 1.29 is 24.2 Å². The molecule has 8 heteroatoms. The van der Waals surface area contributed by atoms with Crippen LogP contribution in [0.25, 0.3) is 0 Å². The summed E-state index contributed by atoms with van der Waals surface area (Å²) in [5, 5.41) is 10.4. The fraction of sp³-hybridized carbons (Fsp3) is 0.750. The third kappa shape index (κ3) is 4.87. The zero-order valence-corrected chi connectivity index (χ0v) is 23.2. The second kappa shape index (κ2) is 12.2. The van der Waals surface area contributed by atoms with Crippen LogP contribution >= 0.6 is 11.8 Å². The highest BCUT2D eigenvalue weighted by atomic mass is 32.2. The number of hydrogen-bond acceptors (Lipinski definition) is 6. The molecule has 2 amide bonds. The van der Waals surface area contributed by atoms with Crippen LogP contribution < -0.4 is 0 Å². The van der Waals surface area contributed by atoms with Crippen molar-refractivity contribution in [2.75, 3.05) is 19.8 Å². The van der Waals surface area contributed by atoms with Crippen LogP contribution in [0.5, 0.6) is 0 Å². The highest BCUT2D eigenvalue weighted by molar-refractivity contribution is 8.02. The summed E-state index contributed by atoms with van der Waals surface area (Å²) in [6.45, 7) is 16.1.